The number of Topliss-reactive ketones (excluding diaryl/α,β-unsaturated/α-hetero) is 1. The van der Waals surface area contributed by atoms with Crippen molar-refractivity contribution in [1.29, 1.82) is 0 Å². The van der Waals surface area contributed by atoms with Gasteiger partial charge in [-0.2, -0.15) is 0 Å². The summed E-state index contributed by atoms with van der Waals surface area (Å²) < 4.78 is 0.803. The Morgan fingerprint density at radius 2 is 1.86 bits per heavy atom. The lowest BCUT2D eigenvalue weighted by molar-refractivity contribution is -0.132. The molecule has 4 nitrogen and oxygen atoms in total. The van der Waals surface area contributed by atoms with E-state index >= 15 is 0 Å². The standard InChI is InChI=1S/C23H18BrNO3S/c1-2-14-8-10-15(11-9-14)21(26)19-20(18-7-4-12-29-18)25(23(28)22(19)27)17-6-3-5-16(24)13-17/h3-13,20,26H,2H2,1H3/b21-19-. The molecule has 1 unspecified atom stereocenters. The first kappa shape index (κ1) is 19.6. The molecule has 146 valence electrons. The number of anilines is 1. The van der Waals surface area contributed by atoms with Crippen LogP contribution in [0.3, 0.4) is 0 Å². The van der Waals surface area contributed by atoms with Gasteiger partial charge >= 0.3 is 0 Å². The fraction of sp³-hybridized carbons (Fsp3) is 0.130. The van der Waals surface area contributed by atoms with Crippen molar-refractivity contribution in [3.63, 3.8) is 0 Å². The highest BCUT2D eigenvalue weighted by atomic mass is 79.9. The summed E-state index contributed by atoms with van der Waals surface area (Å²) in [5, 5.41) is 12.9. The molecule has 3 aromatic rings. The zero-order valence-corrected chi connectivity index (χ0v) is 18.0. The molecule has 0 radical (unpaired) electrons. The molecular formula is C23H18BrNO3S. The summed E-state index contributed by atoms with van der Waals surface area (Å²) in [5.41, 5.74) is 2.36. The minimum absolute atomic E-state index is 0.113. The highest BCUT2D eigenvalue weighted by Gasteiger charge is 2.47. The number of nitrogens with zero attached hydrogens (tertiary/aromatic N) is 1. The van der Waals surface area contributed by atoms with E-state index in [1.807, 2.05) is 41.8 Å². The highest BCUT2D eigenvalue weighted by Crippen LogP contribution is 2.43. The van der Waals surface area contributed by atoms with Crippen LogP contribution in [0.25, 0.3) is 5.76 Å². The smallest absolute Gasteiger partial charge is 0.300 e. The Balaban J connectivity index is 1.90. The van der Waals surface area contributed by atoms with E-state index in [2.05, 4.69) is 22.9 Å². The molecule has 29 heavy (non-hydrogen) atoms. The molecule has 1 aliphatic rings. The number of rotatable bonds is 4. The Bertz CT molecular complexity index is 1100. The summed E-state index contributed by atoms with van der Waals surface area (Å²) >= 11 is 4.87. The second-order valence-electron chi connectivity index (χ2n) is 6.71. The van der Waals surface area contributed by atoms with E-state index in [-0.39, 0.29) is 11.3 Å². The molecular weight excluding hydrogens is 450 g/mol. The van der Waals surface area contributed by atoms with Crippen molar-refractivity contribution < 1.29 is 14.7 Å². The number of benzene rings is 2. The number of halogens is 1. The number of carbonyl (C=O) groups is 2. The lowest BCUT2D eigenvalue weighted by Gasteiger charge is -2.24. The van der Waals surface area contributed by atoms with E-state index in [9.17, 15) is 14.7 Å². The van der Waals surface area contributed by atoms with E-state index in [4.69, 9.17) is 0 Å². The summed E-state index contributed by atoms with van der Waals surface area (Å²) in [6.07, 6.45) is 0.878. The van der Waals surface area contributed by atoms with Crippen molar-refractivity contribution >= 4 is 50.4 Å². The molecule has 1 saturated heterocycles. The van der Waals surface area contributed by atoms with Crippen molar-refractivity contribution in [3.05, 3.63) is 92.1 Å². The largest absolute Gasteiger partial charge is 0.507 e. The number of carbonyl (C=O) groups excluding carboxylic acids is 2. The van der Waals surface area contributed by atoms with Crippen LogP contribution in [0.2, 0.25) is 0 Å². The highest BCUT2D eigenvalue weighted by molar-refractivity contribution is 9.10. The van der Waals surface area contributed by atoms with E-state index in [0.29, 0.717) is 11.3 Å². The van der Waals surface area contributed by atoms with Crippen LogP contribution in [-0.2, 0) is 16.0 Å². The second kappa shape index (κ2) is 7.97. The summed E-state index contributed by atoms with van der Waals surface area (Å²) in [6, 6.07) is 17.7. The maximum absolute atomic E-state index is 13.0. The average Bonchev–Trinajstić information content (AvgIpc) is 3.35. The zero-order chi connectivity index (χ0) is 20.5. The lowest BCUT2D eigenvalue weighted by Crippen LogP contribution is -2.29. The van der Waals surface area contributed by atoms with Crippen LogP contribution < -0.4 is 4.90 Å². The molecule has 1 atom stereocenters. The van der Waals surface area contributed by atoms with Gasteiger partial charge in [-0.15, -0.1) is 11.3 Å². The van der Waals surface area contributed by atoms with Crippen molar-refractivity contribution in [1.82, 2.24) is 0 Å². The number of aliphatic hydroxyl groups is 1. The number of amides is 1. The number of ketones is 1. The minimum Gasteiger partial charge on any atom is -0.507 e. The average molecular weight is 468 g/mol. The summed E-state index contributed by atoms with van der Waals surface area (Å²) in [6.45, 7) is 2.05. The predicted molar refractivity (Wildman–Crippen MR) is 119 cm³/mol. The van der Waals surface area contributed by atoms with Crippen LogP contribution in [0.5, 0.6) is 0 Å². The van der Waals surface area contributed by atoms with Gasteiger partial charge in [-0.1, -0.05) is 59.3 Å². The van der Waals surface area contributed by atoms with Gasteiger partial charge in [0.05, 0.1) is 5.57 Å². The van der Waals surface area contributed by atoms with Gasteiger partial charge in [0.1, 0.15) is 11.8 Å². The summed E-state index contributed by atoms with van der Waals surface area (Å²) in [5.74, 6) is -1.48. The predicted octanol–water partition coefficient (Wildman–Crippen LogP) is 5.70. The maximum atomic E-state index is 13.0. The fourth-order valence-corrected chi connectivity index (χ4v) is 4.71. The van der Waals surface area contributed by atoms with Crippen molar-refractivity contribution in [2.45, 2.75) is 19.4 Å². The van der Waals surface area contributed by atoms with Gasteiger partial charge in [-0.25, -0.2) is 0 Å². The van der Waals surface area contributed by atoms with Crippen molar-refractivity contribution in [3.8, 4) is 0 Å². The lowest BCUT2D eigenvalue weighted by atomic mass is 9.99. The molecule has 0 bridgehead atoms. The molecule has 1 aromatic heterocycles. The van der Waals surface area contributed by atoms with Gasteiger partial charge in [0.2, 0.25) is 0 Å². The zero-order valence-electron chi connectivity index (χ0n) is 15.6. The quantitative estimate of drug-likeness (QED) is 0.304. The van der Waals surface area contributed by atoms with Crippen LogP contribution in [0, 0.1) is 0 Å². The number of thiophene rings is 1. The summed E-state index contributed by atoms with van der Waals surface area (Å²) in [4.78, 5) is 28.3. The van der Waals surface area contributed by atoms with Gasteiger partial charge < -0.3 is 5.11 Å². The van der Waals surface area contributed by atoms with Crippen LogP contribution in [0.15, 0.2) is 76.1 Å². The normalized spacial score (nSPS) is 18.4. The molecule has 0 saturated carbocycles. The maximum Gasteiger partial charge on any atom is 0.300 e. The molecule has 0 aliphatic carbocycles. The van der Waals surface area contributed by atoms with E-state index in [0.717, 1.165) is 21.3 Å². The third kappa shape index (κ3) is 3.54. The van der Waals surface area contributed by atoms with Crippen LogP contribution in [0.1, 0.15) is 29.0 Å². The molecule has 1 amide bonds. The monoisotopic (exact) mass is 467 g/mol. The molecule has 1 N–H and O–H groups in total. The van der Waals surface area contributed by atoms with Crippen LogP contribution >= 0.6 is 27.3 Å². The number of hydrogen-bond donors (Lipinski definition) is 1. The topological polar surface area (TPSA) is 57.6 Å². The molecule has 2 heterocycles. The molecule has 2 aromatic carbocycles. The van der Waals surface area contributed by atoms with Crippen molar-refractivity contribution in [2.75, 3.05) is 4.90 Å². The van der Waals surface area contributed by atoms with E-state index in [1.165, 1.54) is 16.2 Å². The van der Waals surface area contributed by atoms with E-state index in [1.54, 1.807) is 24.3 Å². The van der Waals surface area contributed by atoms with Crippen LogP contribution in [-0.4, -0.2) is 16.8 Å². The Labute approximate surface area is 181 Å². The summed E-state index contributed by atoms with van der Waals surface area (Å²) in [7, 11) is 0. The number of aliphatic hydroxyl groups excluding tert-OH is 1. The van der Waals surface area contributed by atoms with Gasteiger partial charge in [-0.3, -0.25) is 14.5 Å². The molecule has 1 fully saturated rings. The Morgan fingerprint density at radius 3 is 2.48 bits per heavy atom. The first-order valence-electron chi connectivity index (χ1n) is 9.20. The third-order valence-electron chi connectivity index (χ3n) is 4.98. The molecule has 6 heteroatoms. The van der Waals surface area contributed by atoms with Crippen molar-refractivity contribution in [2.24, 2.45) is 0 Å². The van der Waals surface area contributed by atoms with Gasteiger partial charge in [-0.05, 0) is 41.6 Å². The number of hydrogen-bond acceptors (Lipinski definition) is 4. The van der Waals surface area contributed by atoms with Gasteiger partial charge in [0, 0.05) is 20.6 Å². The molecule has 4 rings (SSSR count). The fourth-order valence-electron chi connectivity index (χ4n) is 3.49. The van der Waals surface area contributed by atoms with Gasteiger partial charge in [0.25, 0.3) is 11.7 Å². The second-order valence-corrected chi connectivity index (χ2v) is 8.61. The Morgan fingerprint density at radius 1 is 1.10 bits per heavy atom. The third-order valence-corrected chi connectivity index (χ3v) is 6.40. The van der Waals surface area contributed by atoms with Crippen LogP contribution in [0.4, 0.5) is 5.69 Å². The molecule has 1 aliphatic heterocycles. The SMILES string of the molecule is CCc1ccc(/C(O)=C2/C(=O)C(=O)N(c3cccc(Br)c3)C2c2cccs2)cc1. The first-order valence-corrected chi connectivity index (χ1v) is 10.9. The minimum atomic E-state index is -0.680. The number of aryl methyl sites for hydroxylation is 1. The first-order chi connectivity index (χ1) is 14.0. The Hall–Kier alpha value is -2.70. The Kier molecular flexibility index (Phi) is 5.39. The van der Waals surface area contributed by atoms with Gasteiger partial charge in [0.15, 0.2) is 0 Å². The van der Waals surface area contributed by atoms with E-state index < -0.39 is 17.7 Å². The molecule has 0 spiro atoms.